The molecule has 1 N–H and O–H groups in total. The first-order valence-corrected chi connectivity index (χ1v) is 12.7. The Morgan fingerprint density at radius 1 is 1.18 bits per heavy atom. The van der Waals surface area contributed by atoms with E-state index in [2.05, 4.69) is 15.5 Å². The minimum absolute atomic E-state index is 0.00680. The number of ether oxygens (including phenoxy) is 1. The molecule has 8 nitrogen and oxygen atoms in total. The first kappa shape index (κ1) is 25.2. The number of carbonyl (C=O) groups excluding carboxylic acids is 2. The van der Waals surface area contributed by atoms with Crippen LogP contribution in [0.1, 0.15) is 79.0 Å². The minimum atomic E-state index is -0.120. The zero-order valence-corrected chi connectivity index (χ0v) is 20.2. The van der Waals surface area contributed by atoms with Gasteiger partial charge in [0.25, 0.3) is 5.56 Å². The normalized spacial score (nSPS) is 14.3. The maximum Gasteiger partial charge on any atom is 0.252 e. The van der Waals surface area contributed by atoms with Crippen molar-refractivity contribution in [3.05, 3.63) is 38.7 Å². The number of carbonyl (C=O) groups is 2. The maximum atomic E-state index is 12.4. The highest BCUT2D eigenvalue weighted by molar-refractivity contribution is 7.13. The lowest BCUT2D eigenvalue weighted by atomic mass is 9.87. The molecule has 33 heavy (non-hydrogen) atoms. The van der Waals surface area contributed by atoms with Crippen molar-refractivity contribution in [1.82, 2.24) is 14.8 Å². The lowest BCUT2D eigenvalue weighted by Crippen LogP contribution is -2.22. The van der Waals surface area contributed by atoms with Crippen LogP contribution in [0.25, 0.3) is 0 Å². The first-order chi connectivity index (χ1) is 16.0. The number of hydrogen-bond acceptors (Lipinski definition) is 7. The van der Waals surface area contributed by atoms with Gasteiger partial charge in [0.1, 0.15) is 5.01 Å². The number of nitrogens with one attached hydrogen (secondary N) is 1. The molecule has 9 heteroatoms. The number of aryl methyl sites for hydroxylation is 2. The van der Waals surface area contributed by atoms with Crippen LogP contribution in [0.3, 0.4) is 0 Å². The number of hydrogen-bond donors (Lipinski definition) is 1. The molecule has 1 amide bonds. The SMILES string of the molecule is COCCCC(=O)c1nnc(CCCCn2ccc(NC(=O)CC3CCCCC3)cc2=O)s1. The molecule has 1 aliphatic rings. The molecule has 1 aliphatic carbocycles. The van der Waals surface area contributed by atoms with E-state index in [1.54, 1.807) is 23.9 Å². The molecule has 0 spiro atoms. The standard InChI is InChI=1S/C24H34N4O4S/c1-32-15-7-10-20(29)24-27-26-22(33-24)11-5-6-13-28-14-12-19(17-23(28)31)25-21(30)16-18-8-3-2-4-9-18/h12,14,17-18H,2-11,13,15-16H2,1H3,(H,25,30). The summed E-state index contributed by atoms with van der Waals surface area (Å²) in [5.74, 6) is 0.470. The van der Waals surface area contributed by atoms with E-state index >= 15 is 0 Å². The predicted molar refractivity (Wildman–Crippen MR) is 129 cm³/mol. The smallest absolute Gasteiger partial charge is 0.252 e. The van der Waals surface area contributed by atoms with E-state index in [1.165, 1.54) is 36.7 Å². The van der Waals surface area contributed by atoms with Crippen LogP contribution in [-0.2, 0) is 22.5 Å². The highest BCUT2D eigenvalue weighted by atomic mass is 32.1. The Morgan fingerprint density at radius 3 is 2.76 bits per heavy atom. The third-order valence-corrected chi connectivity index (χ3v) is 7.00. The molecule has 2 heterocycles. The summed E-state index contributed by atoms with van der Waals surface area (Å²) in [7, 11) is 1.62. The molecular formula is C24H34N4O4S. The van der Waals surface area contributed by atoms with Crippen LogP contribution in [0.2, 0.25) is 0 Å². The van der Waals surface area contributed by atoms with Crippen molar-refractivity contribution in [3.8, 4) is 0 Å². The van der Waals surface area contributed by atoms with Gasteiger partial charge in [0.15, 0.2) is 10.8 Å². The van der Waals surface area contributed by atoms with Crippen molar-refractivity contribution in [3.63, 3.8) is 0 Å². The Morgan fingerprint density at radius 2 is 2.00 bits per heavy atom. The van der Waals surface area contributed by atoms with Gasteiger partial charge in [0.2, 0.25) is 5.91 Å². The predicted octanol–water partition coefficient (Wildman–Crippen LogP) is 4.24. The average molecular weight is 475 g/mol. The molecule has 3 rings (SSSR count). The fourth-order valence-electron chi connectivity index (χ4n) is 4.15. The van der Waals surface area contributed by atoms with Crippen molar-refractivity contribution >= 4 is 28.7 Å². The Hall–Kier alpha value is -2.39. The number of unbranched alkanes of at least 4 members (excludes halogenated alkanes) is 1. The lowest BCUT2D eigenvalue weighted by molar-refractivity contribution is -0.117. The van der Waals surface area contributed by atoms with E-state index in [0.717, 1.165) is 37.1 Å². The van der Waals surface area contributed by atoms with E-state index in [-0.39, 0.29) is 17.2 Å². The Balaban J connectivity index is 1.39. The molecule has 1 saturated carbocycles. The van der Waals surface area contributed by atoms with Crippen LogP contribution in [0.15, 0.2) is 23.1 Å². The minimum Gasteiger partial charge on any atom is -0.385 e. The second-order valence-electron chi connectivity index (χ2n) is 8.68. The van der Waals surface area contributed by atoms with Gasteiger partial charge in [-0.1, -0.05) is 30.6 Å². The van der Waals surface area contributed by atoms with Gasteiger partial charge in [-0.3, -0.25) is 14.4 Å². The number of nitrogens with zero attached hydrogens (tertiary/aromatic N) is 3. The van der Waals surface area contributed by atoms with Gasteiger partial charge < -0.3 is 14.6 Å². The van der Waals surface area contributed by atoms with Crippen LogP contribution in [0, 0.1) is 5.92 Å². The molecule has 180 valence electrons. The fourth-order valence-corrected chi connectivity index (χ4v) is 4.99. The van der Waals surface area contributed by atoms with Gasteiger partial charge in [-0.2, -0.15) is 0 Å². The lowest BCUT2D eigenvalue weighted by Gasteiger charge is -2.20. The summed E-state index contributed by atoms with van der Waals surface area (Å²) in [4.78, 5) is 36.7. The molecule has 1 fully saturated rings. The largest absolute Gasteiger partial charge is 0.385 e. The summed E-state index contributed by atoms with van der Waals surface area (Å²) < 4.78 is 6.62. The van der Waals surface area contributed by atoms with Gasteiger partial charge in [-0.25, -0.2) is 0 Å². The van der Waals surface area contributed by atoms with Gasteiger partial charge in [0, 0.05) is 57.5 Å². The number of Topliss-reactive ketones (excluding diaryl/α,β-unsaturated/α-hetero) is 1. The Labute approximate surface area is 198 Å². The topological polar surface area (TPSA) is 103 Å². The summed E-state index contributed by atoms with van der Waals surface area (Å²) >= 11 is 1.35. The second kappa shape index (κ2) is 13.3. The van der Waals surface area contributed by atoms with Crippen LogP contribution in [0.4, 0.5) is 5.69 Å². The van der Waals surface area contributed by atoms with E-state index in [0.29, 0.717) is 49.0 Å². The third kappa shape index (κ3) is 8.47. The van der Waals surface area contributed by atoms with Crippen LogP contribution >= 0.6 is 11.3 Å². The van der Waals surface area contributed by atoms with Gasteiger partial charge >= 0.3 is 0 Å². The number of ketones is 1. The quantitative estimate of drug-likeness (QED) is 0.344. The van der Waals surface area contributed by atoms with E-state index in [9.17, 15) is 14.4 Å². The van der Waals surface area contributed by atoms with Crippen molar-refractivity contribution in [2.45, 2.75) is 77.2 Å². The third-order valence-electron chi connectivity index (χ3n) is 5.98. The van der Waals surface area contributed by atoms with Gasteiger partial charge in [0.05, 0.1) is 0 Å². The summed E-state index contributed by atoms with van der Waals surface area (Å²) in [6, 6.07) is 3.28. The van der Waals surface area contributed by atoms with Gasteiger partial charge in [-0.05, 0) is 44.1 Å². The zero-order valence-electron chi connectivity index (χ0n) is 19.4. The molecule has 0 saturated heterocycles. The van der Waals surface area contributed by atoms with Gasteiger partial charge in [-0.15, -0.1) is 10.2 Å². The molecule has 0 bridgehead atoms. The van der Waals surface area contributed by atoms with Crippen LogP contribution in [-0.4, -0.2) is 40.2 Å². The maximum absolute atomic E-state index is 12.4. The Bertz CT molecular complexity index is 965. The van der Waals surface area contributed by atoms with Crippen LogP contribution in [0.5, 0.6) is 0 Å². The number of anilines is 1. The van der Waals surface area contributed by atoms with Crippen molar-refractivity contribution in [2.24, 2.45) is 5.92 Å². The van der Waals surface area contributed by atoms with Crippen molar-refractivity contribution in [2.75, 3.05) is 19.0 Å². The zero-order chi connectivity index (χ0) is 23.5. The van der Waals surface area contributed by atoms with E-state index < -0.39 is 0 Å². The molecule has 0 radical (unpaired) electrons. The number of pyridine rings is 1. The number of amides is 1. The fraction of sp³-hybridized carbons (Fsp3) is 0.625. The average Bonchev–Trinajstić information content (AvgIpc) is 3.28. The highest BCUT2D eigenvalue weighted by Gasteiger charge is 2.17. The molecule has 2 aromatic heterocycles. The molecule has 0 atom stereocenters. The number of aromatic nitrogens is 3. The molecule has 0 unspecified atom stereocenters. The molecule has 0 aromatic carbocycles. The summed E-state index contributed by atoms with van der Waals surface area (Å²) in [5, 5.41) is 12.3. The van der Waals surface area contributed by atoms with Crippen molar-refractivity contribution in [1.29, 1.82) is 0 Å². The number of rotatable bonds is 13. The van der Waals surface area contributed by atoms with Crippen molar-refractivity contribution < 1.29 is 14.3 Å². The summed E-state index contributed by atoms with van der Waals surface area (Å²) in [5.41, 5.74) is 0.443. The first-order valence-electron chi connectivity index (χ1n) is 11.9. The highest BCUT2D eigenvalue weighted by Crippen LogP contribution is 2.26. The monoisotopic (exact) mass is 474 g/mol. The summed E-state index contributed by atoms with van der Waals surface area (Å²) in [6.45, 7) is 1.15. The summed E-state index contributed by atoms with van der Waals surface area (Å²) in [6.07, 6.45) is 11.7. The number of methoxy groups -OCH3 is 1. The second-order valence-corrected chi connectivity index (χ2v) is 9.74. The Kier molecular flexibility index (Phi) is 10.2. The molecular weight excluding hydrogens is 440 g/mol. The van der Waals surface area contributed by atoms with E-state index in [1.807, 2.05) is 0 Å². The van der Waals surface area contributed by atoms with Crippen LogP contribution < -0.4 is 10.9 Å². The van der Waals surface area contributed by atoms with E-state index in [4.69, 9.17) is 4.74 Å². The molecule has 0 aliphatic heterocycles. The molecule has 2 aromatic rings.